The van der Waals surface area contributed by atoms with Crippen LogP contribution in [0, 0.1) is 0 Å². The molecule has 2 atom stereocenters. The molecule has 28 heavy (non-hydrogen) atoms. The van der Waals surface area contributed by atoms with Crippen LogP contribution in [0.5, 0.6) is 5.75 Å². The smallest absolute Gasteiger partial charge is 0.171 e. The van der Waals surface area contributed by atoms with Crippen LogP contribution >= 0.6 is 0 Å². The molecule has 6 nitrogen and oxygen atoms in total. The van der Waals surface area contributed by atoms with Gasteiger partial charge in [-0.1, -0.05) is 12.1 Å². The fraction of sp³-hybridized carbons (Fsp3) is 0.727. The minimum atomic E-state index is -0.597. The molecular formula is C22H35NO5. The number of methoxy groups -OCH3 is 2. The summed E-state index contributed by atoms with van der Waals surface area (Å²) in [5.41, 5.74) is 0.599. The third-order valence-corrected chi connectivity index (χ3v) is 5.70. The number of nitrogens with zero attached hydrogens (tertiary/aromatic N) is 1. The van der Waals surface area contributed by atoms with Crippen LogP contribution < -0.4 is 4.74 Å². The summed E-state index contributed by atoms with van der Waals surface area (Å²) in [5, 5.41) is 2.12. The van der Waals surface area contributed by atoms with E-state index in [1.54, 1.807) is 14.2 Å². The van der Waals surface area contributed by atoms with Gasteiger partial charge in [0.25, 0.3) is 0 Å². The average Bonchev–Trinajstić information content (AvgIpc) is 3.47. The molecule has 158 valence electrons. The van der Waals surface area contributed by atoms with Crippen molar-refractivity contribution >= 4 is 0 Å². The first-order valence-corrected chi connectivity index (χ1v) is 10.0. The first kappa shape index (κ1) is 21.5. The molecule has 1 aromatic rings. The molecule has 2 aliphatic heterocycles. The Bertz CT molecular complexity index is 629. The van der Waals surface area contributed by atoms with Gasteiger partial charge >= 0.3 is 0 Å². The van der Waals surface area contributed by atoms with Gasteiger partial charge in [-0.2, -0.15) is 5.06 Å². The van der Waals surface area contributed by atoms with E-state index in [1.165, 1.54) is 0 Å². The second-order valence-corrected chi connectivity index (χ2v) is 9.17. The van der Waals surface area contributed by atoms with Gasteiger partial charge in [0.2, 0.25) is 0 Å². The summed E-state index contributed by atoms with van der Waals surface area (Å²) in [7, 11) is 3.43. The Hall–Kier alpha value is -1.18. The number of ether oxygens (including phenoxy) is 4. The maximum absolute atomic E-state index is 6.50. The molecule has 2 saturated heterocycles. The van der Waals surface area contributed by atoms with Crippen molar-refractivity contribution in [3.8, 4) is 5.75 Å². The number of hydrogen-bond acceptors (Lipinski definition) is 6. The van der Waals surface area contributed by atoms with Crippen LogP contribution in [0.1, 0.15) is 59.1 Å². The van der Waals surface area contributed by atoms with Crippen molar-refractivity contribution in [1.82, 2.24) is 5.06 Å². The summed E-state index contributed by atoms with van der Waals surface area (Å²) in [5.74, 6) is 0.260. The van der Waals surface area contributed by atoms with E-state index in [0.717, 1.165) is 30.8 Å². The number of benzene rings is 1. The van der Waals surface area contributed by atoms with Crippen molar-refractivity contribution in [2.45, 2.75) is 76.5 Å². The molecular weight excluding hydrogens is 358 g/mol. The van der Waals surface area contributed by atoms with Crippen molar-refractivity contribution in [2.24, 2.45) is 0 Å². The van der Waals surface area contributed by atoms with Crippen molar-refractivity contribution in [3.05, 3.63) is 29.8 Å². The third-order valence-electron chi connectivity index (χ3n) is 5.70. The van der Waals surface area contributed by atoms with Gasteiger partial charge in [0.15, 0.2) is 5.79 Å². The first-order chi connectivity index (χ1) is 13.1. The van der Waals surface area contributed by atoms with Gasteiger partial charge in [-0.15, -0.1) is 0 Å². The maximum Gasteiger partial charge on any atom is 0.171 e. The van der Waals surface area contributed by atoms with Crippen LogP contribution in [0.4, 0.5) is 0 Å². The number of piperidine rings is 1. The summed E-state index contributed by atoms with van der Waals surface area (Å²) < 4.78 is 22.4. The zero-order valence-corrected chi connectivity index (χ0v) is 18.3. The van der Waals surface area contributed by atoms with Gasteiger partial charge in [-0.25, -0.2) is 0 Å². The Morgan fingerprint density at radius 1 is 1.04 bits per heavy atom. The van der Waals surface area contributed by atoms with Gasteiger partial charge in [0.1, 0.15) is 24.6 Å². The Labute approximate surface area is 169 Å². The SMILES string of the molecule is COC1(OC)CC(C)(C)N(OC(C)c2ccc(OCC3CO3)cc2)C(C)(C)C1. The summed E-state index contributed by atoms with van der Waals surface area (Å²) >= 11 is 0. The number of rotatable bonds is 8. The molecule has 0 spiro atoms. The van der Waals surface area contributed by atoms with E-state index < -0.39 is 5.79 Å². The molecule has 2 heterocycles. The lowest BCUT2D eigenvalue weighted by molar-refractivity contribution is -0.360. The van der Waals surface area contributed by atoms with E-state index in [9.17, 15) is 0 Å². The fourth-order valence-corrected chi connectivity index (χ4v) is 4.41. The standard InChI is InChI=1S/C22H35NO5/c1-16(17-8-10-18(11-9-17)26-12-19-13-27-19)28-23-20(2,3)14-22(24-6,25-7)15-21(23,4)5/h8-11,16,19H,12-15H2,1-7H3. The van der Waals surface area contributed by atoms with Crippen LogP contribution in [0.15, 0.2) is 24.3 Å². The minimum absolute atomic E-state index is 0.0862. The minimum Gasteiger partial charge on any atom is -0.491 e. The Balaban J connectivity index is 1.68. The number of hydroxylamine groups is 2. The molecule has 1 aromatic carbocycles. The van der Waals surface area contributed by atoms with Gasteiger partial charge in [0, 0.05) is 38.1 Å². The van der Waals surface area contributed by atoms with Gasteiger partial charge in [-0.3, -0.25) is 4.84 Å². The lowest BCUT2D eigenvalue weighted by Crippen LogP contribution is -2.66. The highest BCUT2D eigenvalue weighted by atomic mass is 16.7. The van der Waals surface area contributed by atoms with E-state index in [4.69, 9.17) is 23.8 Å². The quantitative estimate of drug-likeness (QED) is 0.490. The van der Waals surface area contributed by atoms with Crippen LogP contribution in [-0.2, 0) is 19.0 Å². The average molecular weight is 394 g/mol. The van der Waals surface area contributed by atoms with E-state index in [1.807, 2.05) is 12.1 Å². The maximum atomic E-state index is 6.50. The molecule has 0 bridgehead atoms. The predicted octanol–water partition coefficient (Wildman–Crippen LogP) is 4.10. The normalized spacial score (nSPS) is 26.6. The third kappa shape index (κ3) is 4.69. The largest absolute Gasteiger partial charge is 0.491 e. The van der Waals surface area contributed by atoms with Crippen molar-refractivity contribution in [1.29, 1.82) is 0 Å². The van der Waals surface area contributed by atoms with Gasteiger partial charge in [0.05, 0.1) is 6.61 Å². The number of epoxide rings is 1. The highest BCUT2D eigenvalue weighted by Crippen LogP contribution is 2.46. The molecule has 0 saturated carbocycles. The zero-order chi connectivity index (χ0) is 20.6. The topological polar surface area (TPSA) is 52.7 Å². The van der Waals surface area contributed by atoms with Crippen molar-refractivity contribution in [3.63, 3.8) is 0 Å². The van der Waals surface area contributed by atoms with Crippen molar-refractivity contribution < 1.29 is 23.8 Å². The molecule has 0 aromatic heterocycles. The second-order valence-electron chi connectivity index (χ2n) is 9.17. The van der Waals surface area contributed by atoms with E-state index in [-0.39, 0.29) is 23.3 Å². The van der Waals surface area contributed by atoms with Crippen LogP contribution in [-0.4, -0.2) is 55.5 Å². The molecule has 0 N–H and O–H groups in total. The molecule has 6 heteroatoms. The molecule has 0 amide bonds. The predicted molar refractivity (Wildman–Crippen MR) is 107 cm³/mol. The van der Waals surface area contributed by atoms with Gasteiger partial charge < -0.3 is 18.9 Å². The Kier molecular flexibility index (Phi) is 6.09. The zero-order valence-electron chi connectivity index (χ0n) is 18.3. The van der Waals surface area contributed by atoms with E-state index in [2.05, 4.69) is 51.8 Å². The molecule has 2 fully saturated rings. The summed E-state index contributed by atoms with van der Waals surface area (Å²) in [6.07, 6.45) is 1.62. The molecule has 2 aliphatic rings. The summed E-state index contributed by atoms with van der Waals surface area (Å²) in [6.45, 7) is 12.2. The number of hydrogen-bond donors (Lipinski definition) is 0. The monoisotopic (exact) mass is 393 g/mol. The Morgan fingerprint density at radius 2 is 1.57 bits per heavy atom. The molecule has 3 rings (SSSR count). The van der Waals surface area contributed by atoms with E-state index >= 15 is 0 Å². The van der Waals surface area contributed by atoms with E-state index in [0.29, 0.717) is 6.61 Å². The van der Waals surface area contributed by atoms with Crippen molar-refractivity contribution in [2.75, 3.05) is 27.4 Å². The highest BCUT2D eigenvalue weighted by Gasteiger charge is 2.54. The van der Waals surface area contributed by atoms with Crippen LogP contribution in [0.2, 0.25) is 0 Å². The van der Waals surface area contributed by atoms with Crippen LogP contribution in [0.3, 0.4) is 0 Å². The summed E-state index contributed by atoms with van der Waals surface area (Å²) in [6, 6.07) is 8.11. The highest BCUT2D eigenvalue weighted by molar-refractivity contribution is 5.28. The Morgan fingerprint density at radius 3 is 2.04 bits per heavy atom. The first-order valence-electron chi connectivity index (χ1n) is 10.0. The second kappa shape index (κ2) is 7.92. The molecule has 0 radical (unpaired) electrons. The van der Waals surface area contributed by atoms with Crippen LogP contribution in [0.25, 0.3) is 0 Å². The molecule has 0 aliphatic carbocycles. The fourth-order valence-electron chi connectivity index (χ4n) is 4.41. The van der Waals surface area contributed by atoms with Gasteiger partial charge in [-0.05, 0) is 52.3 Å². The summed E-state index contributed by atoms with van der Waals surface area (Å²) in [4.78, 5) is 6.50. The lowest BCUT2D eigenvalue weighted by Gasteiger charge is -2.57. The lowest BCUT2D eigenvalue weighted by atomic mass is 9.78. The molecule has 2 unspecified atom stereocenters.